The van der Waals surface area contributed by atoms with Crippen molar-refractivity contribution in [1.82, 2.24) is 15.5 Å². The monoisotopic (exact) mass is 193 g/mol. The molecule has 4 heteroatoms. The van der Waals surface area contributed by atoms with E-state index < -0.39 is 0 Å². The van der Waals surface area contributed by atoms with Crippen molar-refractivity contribution in [3.05, 3.63) is 24.0 Å². The van der Waals surface area contributed by atoms with Gasteiger partial charge in [0.25, 0.3) is 0 Å². The van der Waals surface area contributed by atoms with Gasteiger partial charge >= 0.3 is 0 Å². The largest absolute Gasteiger partial charge is 0.381 e. The minimum Gasteiger partial charge on any atom is -0.381 e. The Balaban J connectivity index is 1.67. The summed E-state index contributed by atoms with van der Waals surface area (Å²) in [6, 6.07) is 3.88. The highest BCUT2D eigenvalue weighted by atomic mass is 16.5. The first-order chi connectivity index (χ1) is 6.95. The van der Waals surface area contributed by atoms with E-state index in [2.05, 4.69) is 15.5 Å². The summed E-state index contributed by atoms with van der Waals surface area (Å²) in [5.74, 6) is 0.673. The zero-order chi connectivity index (χ0) is 9.64. The van der Waals surface area contributed by atoms with Crippen LogP contribution in [0.15, 0.2) is 18.3 Å². The van der Waals surface area contributed by atoms with Gasteiger partial charge in [-0.05, 0) is 24.5 Å². The lowest BCUT2D eigenvalue weighted by Crippen LogP contribution is -2.23. The van der Waals surface area contributed by atoms with Gasteiger partial charge < -0.3 is 10.1 Å². The van der Waals surface area contributed by atoms with Crippen LogP contribution in [0.2, 0.25) is 0 Å². The SMILES string of the molecule is c1cnnc(CNCC2CCOC2)c1. The summed E-state index contributed by atoms with van der Waals surface area (Å²) in [4.78, 5) is 0. The Hall–Kier alpha value is -1.00. The van der Waals surface area contributed by atoms with Gasteiger partial charge in [0.1, 0.15) is 0 Å². The standard InChI is InChI=1S/C10H15N3O/c1-2-10(13-12-4-1)7-11-6-9-3-5-14-8-9/h1-2,4,9,11H,3,5-8H2. The number of nitrogens with one attached hydrogen (secondary N) is 1. The lowest BCUT2D eigenvalue weighted by atomic mass is 10.1. The van der Waals surface area contributed by atoms with Crippen molar-refractivity contribution in [2.45, 2.75) is 13.0 Å². The number of nitrogens with zero attached hydrogens (tertiary/aromatic N) is 2. The van der Waals surface area contributed by atoms with Crippen molar-refractivity contribution >= 4 is 0 Å². The molecule has 0 amide bonds. The van der Waals surface area contributed by atoms with E-state index in [-0.39, 0.29) is 0 Å². The Morgan fingerprint density at radius 3 is 3.29 bits per heavy atom. The van der Waals surface area contributed by atoms with Crippen molar-refractivity contribution in [1.29, 1.82) is 0 Å². The molecule has 1 aliphatic heterocycles. The maximum absolute atomic E-state index is 5.29. The number of hydrogen-bond donors (Lipinski definition) is 1. The van der Waals surface area contributed by atoms with Gasteiger partial charge in [0.05, 0.1) is 12.3 Å². The maximum Gasteiger partial charge on any atom is 0.0768 e. The first-order valence-corrected chi connectivity index (χ1v) is 5.00. The normalized spacial score (nSPS) is 21.3. The predicted octanol–water partition coefficient (Wildman–Crippen LogP) is 0.603. The van der Waals surface area contributed by atoms with Crippen LogP contribution in [-0.2, 0) is 11.3 Å². The van der Waals surface area contributed by atoms with Crippen molar-refractivity contribution in [2.75, 3.05) is 19.8 Å². The van der Waals surface area contributed by atoms with Crippen LogP contribution in [0, 0.1) is 5.92 Å². The summed E-state index contributed by atoms with van der Waals surface area (Å²) < 4.78 is 5.29. The second-order valence-corrected chi connectivity index (χ2v) is 3.58. The number of hydrogen-bond acceptors (Lipinski definition) is 4. The molecule has 2 rings (SSSR count). The van der Waals surface area contributed by atoms with E-state index in [0.29, 0.717) is 5.92 Å². The van der Waals surface area contributed by atoms with Crippen LogP contribution in [0.1, 0.15) is 12.1 Å². The minimum absolute atomic E-state index is 0.673. The first kappa shape index (κ1) is 9.55. The van der Waals surface area contributed by atoms with E-state index >= 15 is 0 Å². The molecule has 0 bridgehead atoms. The fraction of sp³-hybridized carbons (Fsp3) is 0.600. The summed E-state index contributed by atoms with van der Waals surface area (Å²) in [6.45, 7) is 3.62. The molecule has 0 spiro atoms. The van der Waals surface area contributed by atoms with Crippen molar-refractivity contribution in [2.24, 2.45) is 5.92 Å². The zero-order valence-corrected chi connectivity index (χ0v) is 8.15. The Kier molecular flexibility index (Phi) is 3.43. The lowest BCUT2D eigenvalue weighted by Gasteiger charge is -2.08. The molecule has 1 fully saturated rings. The molecule has 4 nitrogen and oxygen atoms in total. The van der Waals surface area contributed by atoms with Gasteiger partial charge in [-0.3, -0.25) is 0 Å². The average molecular weight is 193 g/mol. The molecule has 1 N–H and O–H groups in total. The molecular formula is C10H15N3O. The molecule has 0 aromatic carbocycles. The molecule has 1 unspecified atom stereocenters. The third-order valence-electron chi connectivity index (χ3n) is 2.39. The number of rotatable bonds is 4. The molecule has 1 atom stereocenters. The van der Waals surface area contributed by atoms with E-state index in [1.165, 1.54) is 6.42 Å². The molecule has 1 aromatic rings. The van der Waals surface area contributed by atoms with Crippen molar-refractivity contribution in [3.63, 3.8) is 0 Å². The van der Waals surface area contributed by atoms with E-state index in [9.17, 15) is 0 Å². The summed E-state index contributed by atoms with van der Waals surface area (Å²) in [6.07, 6.45) is 2.86. The van der Waals surface area contributed by atoms with Crippen LogP contribution in [0.3, 0.4) is 0 Å². The fourth-order valence-corrected chi connectivity index (χ4v) is 1.58. The van der Waals surface area contributed by atoms with Crippen LogP contribution in [0.4, 0.5) is 0 Å². The molecule has 0 aliphatic carbocycles. The van der Waals surface area contributed by atoms with Gasteiger partial charge in [-0.15, -0.1) is 0 Å². The Labute approximate surface area is 83.7 Å². The molecule has 1 aromatic heterocycles. The molecule has 14 heavy (non-hydrogen) atoms. The lowest BCUT2D eigenvalue weighted by molar-refractivity contribution is 0.185. The van der Waals surface area contributed by atoms with Gasteiger partial charge in [0, 0.05) is 25.9 Å². The Morgan fingerprint density at radius 1 is 1.57 bits per heavy atom. The Morgan fingerprint density at radius 2 is 2.57 bits per heavy atom. The molecule has 0 radical (unpaired) electrons. The highest BCUT2D eigenvalue weighted by molar-refractivity contribution is 4.98. The van der Waals surface area contributed by atoms with E-state index in [1.54, 1.807) is 6.20 Å². The van der Waals surface area contributed by atoms with Gasteiger partial charge in [0.15, 0.2) is 0 Å². The topological polar surface area (TPSA) is 47.0 Å². The van der Waals surface area contributed by atoms with Crippen molar-refractivity contribution < 1.29 is 4.74 Å². The van der Waals surface area contributed by atoms with Gasteiger partial charge in [-0.2, -0.15) is 10.2 Å². The minimum atomic E-state index is 0.673. The van der Waals surface area contributed by atoms with Crippen molar-refractivity contribution in [3.8, 4) is 0 Å². The van der Waals surface area contributed by atoms with Gasteiger partial charge in [-0.1, -0.05) is 0 Å². The zero-order valence-electron chi connectivity index (χ0n) is 8.15. The molecule has 2 heterocycles. The number of ether oxygens (including phenoxy) is 1. The fourth-order valence-electron chi connectivity index (χ4n) is 1.58. The highest BCUT2D eigenvalue weighted by Crippen LogP contribution is 2.10. The van der Waals surface area contributed by atoms with Gasteiger partial charge in [-0.25, -0.2) is 0 Å². The average Bonchev–Trinajstić information content (AvgIpc) is 2.72. The van der Waals surface area contributed by atoms with E-state index in [4.69, 9.17) is 4.74 Å². The molecule has 1 aliphatic rings. The van der Waals surface area contributed by atoms with Crippen LogP contribution in [0.5, 0.6) is 0 Å². The predicted molar refractivity (Wildman–Crippen MR) is 52.7 cm³/mol. The number of aromatic nitrogens is 2. The summed E-state index contributed by atoms with van der Waals surface area (Å²) in [5.41, 5.74) is 0.992. The quantitative estimate of drug-likeness (QED) is 0.760. The second kappa shape index (κ2) is 5.02. The Bertz CT molecular complexity index is 259. The van der Waals surface area contributed by atoms with Crippen LogP contribution >= 0.6 is 0 Å². The van der Waals surface area contributed by atoms with Crippen LogP contribution in [-0.4, -0.2) is 30.0 Å². The van der Waals surface area contributed by atoms with E-state index in [0.717, 1.165) is 32.0 Å². The van der Waals surface area contributed by atoms with E-state index in [1.807, 2.05) is 12.1 Å². The molecular weight excluding hydrogens is 178 g/mol. The third-order valence-corrected chi connectivity index (χ3v) is 2.39. The first-order valence-electron chi connectivity index (χ1n) is 5.00. The van der Waals surface area contributed by atoms with Crippen LogP contribution in [0.25, 0.3) is 0 Å². The summed E-state index contributed by atoms with van der Waals surface area (Å²) >= 11 is 0. The highest BCUT2D eigenvalue weighted by Gasteiger charge is 2.14. The smallest absolute Gasteiger partial charge is 0.0768 e. The summed E-state index contributed by atoms with van der Waals surface area (Å²) in [7, 11) is 0. The van der Waals surface area contributed by atoms with Gasteiger partial charge in [0.2, 0.25) is 0 Å². The maximum atomic E-state index is 5.29. The van der Waals surface area contributed by atoms with Crippen LogP contribution < -0.4 is 5.32 Å². The summed E-state index contributed by atoms with van der Waals surface area (Å²) in [5, 5.41) is 11.2. The second-order valence-electron chi connectivity index (χ2n) is 3.58. The third kappa shape index (κ3) is 2.75. The molecule has 1 saturated heterocycles. The molecule has 0 saturated carbocycles. The molecule has 76 valence electrons.